The molecule has 0 atom stereocenters. The van der Waals surface area contributed by atoms with Crippen molar-refractivity contribution in [1.29, 1.82) is 5.26 Å². The fourth-order valence-corrected chi connectivity index (χ4v) is 2.76. The van der Waals surface area contributed by atoms with Crippen LogP contribution in [-0.2, 0) is 12.8 Å². The van der Waals surface area contributed by atoms with Crippen molar-refractivity contribution in [2.24, 2.45) is 0 Å². The number of rotatable bonds is 2. The maximum Gasteiger partial charge on any atom is 0.237 e. The van der Waals surface area contributed by atoms with Gasteiger partial charge in [-0.25, -0.2) is 9.37 Å². The van der Waals surface area contributed by atoms with E-state index in [-0.39, 0.29) is 5.88 Å². The van der Waals surface area contributed by atoms with E-state index in [2.05, 4.69) is 27.0 Å². The van der Waals surface area contributed by atoms with E-state index in [1.807, 2.05) is 6.07 Å². The number of ether oxygens (including phenoxy) is 1. The average molecular weight is 347 g/mol. The van der Waals surface area contributed by atoms with Crippen molar-refractivity contribution in [3.8, 4) is 17.7 Å². The second-order valence-corrected chi connectivity index (χ2v) is 5.80. The smallest absolute Gasteiger partial charge is 0.237 e. The van der Waals surface area contributed by atoms with Gasteiger partial charge in [0.2, 0.25) is 5.88 Å². The van der Waals surface area contributed by atoms with E-state index in [0.717, 1.165) is 36.9 Å². The molecule has 0 radical (unpaired) electrons. The molecule has 0 bridgehead atoms. The molecule has 0 amide bonds. The molecule has 1 aromatic carbocycles. The van der Waals surface area contributed by atoms with Crippen LogP contribution in [0.2, 0.25) is 0 Å². The molecule has 106 valence electrons. The SMILES string of the molecule is N#Cc1cc2c(nc1Oc1cc(F)ccc1Br)CCCC2. The highest BCUT2D eigenvalue weighted by Crippen LogP contribution is 2.33. The topological polar surface area (TPSA) is 45.9 Å². The number of benzene rings is 1. The Morgan fingerprint density at radius 1 is 1.24 bits per heavy atom. The van der Waals surface area contributed by atoms with Crippen molar-refractivity contribution in [2.75, 3.05) is 0 Å². The van der Waals surface area contributed by atoms with Crippen LogP contribution in [0.3, 0.4) is 0 Å². The van der Waals surface area contributed by atoms with Gasteiger partial charge in [0.15, 0.2) is 0 Å². The van der Waals surface area contributed by atoms with E-state index in [1.165, 1.54) is 12.1 Å². The largest absolute Gasteiger partial charge is 0.436 e. The molecule has 1 aromatic heterocycles. The number of nitriles is 1. The van der Waals surface area contributed by atoms with Crippen LogP contribution in [0, 0.1) is 17.1 Å². The summed E-state index contributed by atoms with van der Waals surface area (Å²) in [4.78, 5) is 4.46. The maximum absolute atomic E-state index is 13.3. The Kier molecular flexibility index (Phi) is 3.89. The highest BCUT2D eigenvalue weighted by molar-refractivity contribution is 9.10. The first-order chi connectivity index (χ1) is 10.2. The molecule has 21 heavy (non-hydrogen) atoms. The fourth-order valence-electron chi connectivity index (χ4n) is 2.43. The van der Waals surface area contributed by atoms with Gasteiger partial charge in [0, 0.05) is 11.8 Å². The second-order valence-electron chi connectivity index (χ2n) is 4.94. The van der Waals surface area contributed by atoms with Crippen molar-refractivity contribution in [3.05, 3.63) is 51.4 Å². The molecule has 3 rings (SSSR count). The Morgan fingerprint density at radius 3 is 2.86 bits per heavy atom. The van der Waals surface area contributed by atoms with Gasteiger partial charge in [-0.3, -0.25) is 0 Å². The fraction of sp³-hybridized carbons (Fsp3) is 0.250. The molecule has 0 fully saturated rings. The minimum atomic E-state index is -0.398. The Balaban J connectivity index is 2.02. The van der Waals surface area contributed by atoms with Crippen LogP contribution in [0.15, 0.2) is 28.7 Å². The summed E-state index contributed by atoms with van der Waals surface area (Å²) >= 11 is 3.31. The summed E-state index contributed by atoms with van der Waals surface area (Å²) in [5, 5.41) is 9.27. The van der Waals surface area contributed by atoms with Gasteiger partial charge in [-0.1, -0.05) is 0 Å². The molecule has 1 aliphatic carbocycles. The van der Waals surface area contributed by atoms with Crippen LogP contribution >= 0.6 is 15.9 Å². The van der Waals surface area contributed by atoms with Gasteiger partial charge in [0.05, 0.1) is 4.47 Å². The summed E-state index contributed by atoms with van der Waals surface area (Å²) in [6.07, 6.45) is 4.05. The molecule has 0 spiro atoms. The van der Waals surface area contributed by atoms with Gasteiger partial charge in [0.1, 0.15) is 23.2 Å². The number of fused-ring (bicyclic) bond motifs is 1. The Labute approximate surface area is 130 Å². The molecule has 0 N–H and O–H groups in total. The Bertz CT molecular complexity index is 740. The molecule has 0 saturated carbocycles. The lowest BCUT2D eigenvalue weighted by Gasteiger charge is -2.17. The van der Waals surface area contributed by atoms with Crippen LogP contribution < -0.4 is 4.74 Å². The molecule has 2 aromatic rings. The summed E-state index contributed by atoms with van der Waals surface area (Å²) in [6, 6.07) is 8.11. The summed E-state index contributed by atoms with van der Waals surface area (Å²) in [6.45, 7) is 0. The predicted octanol–water partition coefficient (Wildman–Crippen LogP) is 4.53. The van der Waals surface area contributed by atoms with Gasteiger partial charge in [-0.15, -0.1) is 0 Å². The van der Waals surface area contributed by atoms with E-state index in [0.29, 0.717) is 15.8 Å². The molecule has 0 unspecified atom stereocenters. The Morgan fingerprint density at radius 2 is 2.05 bits per heavy atom. The van der Waals surface area contributed by atoms with Crippen molar-refractivity contribution in [1.82, 2.24) is 4.98 Å². The zero-order chi connectivity index (χ0) is 14.8. The molecule has 5 heteroatoms. The quantitative estimate of drug-likeness (QED) is 0.802. The molecule has 0 aliphatic heterocycles. The normalized spacial score (nSPS) is 13.4. The zero-order valence-corrected chi connectivity index (χ0v) is 12.8. The number of aryl methyl sites for hydroxylation is 2. The van der Waals surface area contributed by atoms with E-state index < -0.39 is 5.82 Å². The predicted molar refractivity (Wildman–Crippen MR) is 79.8 cm³/mol. The molecule has 1 aliphatic rings. The van der Waals surface area contributed by atoms with Gasteiger partial charge in [-0.2, -0.15) is 5.26 Å². The zero-order valence-electron chi connectivity index (χ0n) is 11.2. The highest BCUT2D eigenvalue weighted by atomic mass is 79.9. The van der Waals surface area contributed by atoms with Crippen molar-refractivity contribution < 1.29 is 9.13 Å². The molecule has 3 nitrogen and oxygen atoms in total. The average Bonchev–Trinajstić information content (AvgIpc) is 2.50. The van der Waals surface area contributed by atoms with Crippen molar-refractivity contribution >= 4 is 15.9 Å². The third-order valence-corrected chi connectivity index (χ3v) is 4.14. The standard InChI is InChI=1S/C16H12BrFN2O/c17-13-6-5-12(18)8-15(13)21-16-11(9-19)7-10-3-1-2-4-14(10)20-16/h5-8H,1-4H2. The van der Waals surface area contributed by atoms with Gasteiger partial charge >= 0.3 is 0 Å². The van der Waals surface area contributed by atoms with Gasteiger partial charge in [-0.05, 0) is 65.4 Å². The van der Waals surface area contributed by atoms with E-state index >= 15 is 0 Å². The second kappa shape index (κ2) is 5.82. The minimum Gasteiger partial charge on any atom is -0.436 e. The first kappa shape index (κ1) is 14.0. The summed E-state index contributed by atoms with van der Waals surface area (Å²) < 4.78 is 19.6. The van der Waals surface area contributed by atoms with Crippen molar-refractivity contribution in [3.63, 3.8) is 0 Å². The summed E-state index contributed by atoms with van der Waals surface area (Å²) in [5.74, 6) is 0.156. The van der Waals surface area contributed by atoms with Crippen LogP contribution in [0.25, 0.3) is 0 Å². The third-order valence-electron chi connectivity index (χ3n) is 3.49. The lowest BCUT2D eigenvalue weighted by atomic mass is 9.95. The van der Waals surface area contributed by atoms with Gasteiger partial charge < -0.3 is 4.74 Å². The highest BCUT2D eigenvalue weighted by Gasteiger charge is 2.17. The molecule has 1 heterocycles. The first-order valence-corrected chi connectivity index (χ1v) is 7.52. The van der Waals surface area contributed by atoms with E-state index in [4.69, 9.17) is 4.74 Å². The monoisotopic (exact) mass is 346 g/mol. The summed E-state index contributed by atoms with van der Waals surface area (Å²) in [7, 11) is 0. The number of hydrogen-bond donors (Lipinski definition) is 0. The number of nitrogens with zero attached hydrogens (tertiary/aromatic N) is 2. The van der Waals surface area contributed by atoms with E-state index in [1.54, 1.807) is 6.07 Å². The van der Waals surface area contributed by atoms with E-state index in [9.17, 15) is 9.65 Å². The maximum atomic E-state index is 13.3. The lowest BCUT2D eigenvalue weighted by molar-refractivity contribution is 0.449. The lowest BCUT2D eigenvalue weighted by Crippen LogP contribution is -2.07. The first-order valence-electron chi connectivity index (χ1n) is 6.73. The van der Waals surface area contributed by atoms with Crippen LogP contribution in [0.5, 0.6) is 11.6 Å². The third kappa shape index (κ3) is 2.91. The number of pyridine rings is 1. The van der Waals surface area contributed by atoms with Gasteiger partial charge in [0.25, 0.3) is 0 Å². The Hall–Kier alpha value is -1.93. The molecular formula is C16H12BrFN2O. The number of aromatic nitrogens is 1. The number of halogens is 2. The summed E-state index contributed by atoms with van der Waals surface area (Å²) in [5.41, 5.74) is 2.47. The van der Waals surface area contributed by atoms with Crippen LogP contribution in [0.4, 0.5) is 4.39 Å². The minimum absolute atomic E-state index is 0.240. The van der Waals surface area contributed by atoms with Crippen molar-refractivity contribution in [2.45, 2.75) is 25.7 Å². The molecule has 0 saturated heterocycles. The van der Waals surface area contributed by atoms with Crippen LogP contribution in [0.1, 0.15) is 29.7 Å². The molecular weight excluding hydrogens is 335 g/mol. The van der Waals surface area contributed by atoms with Crippen LogP contribution in [-0.4, -0.2) is 4.98 Å². The number of hydrogen-bond acceptors (Lipinski definition) is 3.